The first kappa shape index (κ1) is 25.5. The van der Waals surface area contributed by atoms with E-state index in [1.54, 1.807) is 13.8 Å². The van der Waals surface area contributed by atoms with Crippen molar-refractivity contribution in [2.75, 3.05) is 28.7 Å². The fourth-order valence-corrected chi connectivity index (χ4v) is 5.52. The summed E-state index contributed by atoms with van der Waals surface area (Å²) in [6, 6.07) is 2.61. The molecule has 174 valence electrons. The Morgan fingerprint density at radius 3 is 2.62 bits per heavy atom. The van der Waals surface area contributed by atoms with Gasteiger partial charge in [0.25, 0.3) is 5.69 Å². The van der Waals surface area contributed by atoms with Crippen molar-refractivity contribution in [3.63, 3.8) is 0 Å². The first-order valence-corrected chi connectivity index (χ1v) is 12.7. The van der Waals surface area contributed by atoms with E-state index in [2.05, 4.69) is 20.3 Å². The molecule has 0 bridgehead atoms. The number of methoxy groups -OCH3 is 1. The van der Waals surface area contributed by atoms with Crippen LogP contribution in [-0.2, 0) is 24.3 Å². The summed E-state index contributed by atoms with van der Waals surface area (Å²) in [6.45, 7) is 3.21. The lowest BCUT2D eigenvalue weighted by molar-refractivity contribution is -0.384. The number of nitrogens with one attached hydrogen (secondary N) is 1. The number of esters is 1. The van der Waals surface area contributed by atoms with Gasteiger partial charge in [-0.15, -0.1) is 10.2 Å². The fourth-order valence-electron chi connectivity index (χ4n) is 2.67. The summed E-state index contributed by atoms with van der Waals surface area (Å²) in [5.74, 6) is -1.10. The van der Waals surface area contributed by atoms with E-state index in [4.69, 9.17) is 0 Å². The number of nitrogens with zero attached hydrogens (tertiary/aromatic N) is 4. The SMILES string of the molecule is CCC(C(=O)Nc1nnc(SCC(=O)OC)s1)N(c1cc([N+](=O)[O-])ccc1C)S(C)(=O)=O. The number of nitro benzene ring substituents is 1. The molecule has 0 fully saturated rings. The summed E-state index contributed by atoms with van der Waals surface area (Å²) in [4.78, 5) is 34.7. The molecule has 1 aromatic heterocycles. The highest BCUT2D eigenvalue weighted by molar-refractivity contribution is 8.01. The number of anilines is 2. The van der Waals surface area contributed by atoms with Crippen LogP contribution in [-0.4, -0.2) is 60.6 Å². The van der Waals surface area contributed by atoms with Gasteiger partial charge in [0.1, 0.15) is 6.04 Å². The monoisotopic (exact) mass is 503 g/mol. The third-order valence-corrected chi connectivity index (χ3v) is 7.26. The average molecular weight is 504 g/mol. The lowest BCUT2D eigenvalue weighted by atomic mass is 10.1. The molecule has 1 unspecified atom stereocenters. The molecular weight excluding hydrogens is 482 g/mol. The summed E-state index contributed by atoms with van der Waals surface area (Å²) in [7, 11) is -2.73. The molecule has 0 aliphatic carbocycles. The van der Waals surface area contributed by atoms with Gasteiger partial charge in [0.05, 0.1) is 29.7 Å². The zero-order chi connectivity index (χ0) is 24.1. The number of non-ortho nitro benzene ring substituents is 1. The highest BCUT2D eigenvalue weighted by Gasteiger charge is 2.33. The largest absolute Gasteiger partial charge is 0.468 e. The number of thioether (sulfide) groups is 1. The number of benzene rings is 1. The van der Waals surface area contributed by atoms with Crippen LogP contribution in [0.15, 0.2) is 22.5 Å². The van der Waals surface area contributed by atoms with E-state index in [9.17, 15) is 28.1 Å². The molecular formula is C17H21N5O7S3. The first-order valence-electron chi connectivity index (χ1n) is 9.06. The second-order valence-electron chi connectivity index (χ2n) is 6.44. The maximum atomic E-state index is 13.0. The fraction of sp³-hybridized carbons (Fsp3) is 0.412. The summed E-state index contributed by atoms with van der Waals surface area (Å²) in [5, 5.41) is 21.5. The van der Waals surface area contributed by atoms with E-state index in [0.717, 1.165) is 39.7 Å². The van der Waals surface area contributed by atoms with E-state index >= 15 is 0 Å². The number of hydrogen-bond acceptors (Lipinski definition) is 11. The van der Waals surface area contributed by atoms with E-state index in [1.165, 1.54) is 19.2 Å². The molecule has 1 aromatic carbocycles. The van der Waals surface area contributed by atoms with Gasteiger partial charge in [-0.25, -0.2) is 8.42 Å². The summed E-state index contributed by atoms with van der Waals surface area (Å²) in [5.41, 5.74) is 0.186. The van der Waals surface area contributed by atoms with Crippen molar-refractivity contribution in [1.82, 2.24) is 10.2 Å². The van der Waals surface area contributed by atoms with Gasteiger partial charge < -0.3 is 4.74 Å². The number of sulfonamides is 1. The predicted molar refractivity (Wildman–Crippen MR) is 121 cm³/mol. The highest BCUT2D eigenvalue weighted by Crippen LogP contribution is 2.31. The Bertz CT molecular complexity index is 1120. The smallest absolute Gasteiger partial charge is 0.316 e. The van der Waals surface area contributed by atoms with Crippen LogP contribution < -0.4 is 9.62 Å². The molecule has 0 saturated heterocycles. The molecule has 1 amide bonds. The molecule has 32 heavy (non-hydrogen) atoms. The van der Waals surface area contributed by atoms with Crippen LogP contribution in [0.4, 0.5) is 16.5 Å². The number of aryl methyl sites for hydroxylation is 1. The molecule has 2 aromatic rings. The maximum Gasteiger partial charge on any atom is 0.316 e. The lowest BCUT2D eigenvalue weighted by Crippen LogP contribution is -2.47. The number of nitro groups is 1. The van der Waals surface area contributed by atoms with Gasteiger partial charge in [0.2, 0.25) is 21.1 Å². The van der Waals surface area contributed by atoms with Crippen molar-refractivity contribution in [2.24, 2.45) is 0 Å². The Labute approximate surface area is 192 Å². The molecule has 1 N–H and O–H groups in total. The molecule has 0 saturated carbocycles. The van der Waals surface area contributed by atoms with Gasteiger partial charge in [0, 0.05) is 12.1 Å². The van der Waals surface area contributed by atoms with Crippen molar-refractivity contribution in [3.05, 3.63) is 33.9 Å². The minimum Gasteiger partial charge on any atom is -0.468 e. The van der Waals surface area contributed by atoms with Gasteiger partial charge in [-0.2, -0.15) is 0 Å². The topological polar surface area (TPSA) is 162 Å². The molecule has 0 spiro atoms. The quantitative estimate of drug-likeness (QED) is 0.167. The summed E-state index contributed by atoms with van der Waals surface area (Å²) >= 11 is 2.09. The predicted octanol–water partition coefficient (Wildman–Crippen LogP) is 2.20. The van der Waals surface area contributed by atoms with Crippen LogP contribution in [0.25, 0.3) is 0 Å². The van der Waals surface area contributed by atoms with Gasteiger partial charge in [0.15, 0.2) is 4.34 Å². The van der Waals surface area contributed by atoms with E-state index < -0.39 is 32.9 Å². The molecule has 15 heteroatoms. The van der Waals surface area contributed by atoms with Gasteiger partial charge in [-0.3, -0.25) is 29.3 Å². The minimum absolute atomic E-state index is 0.0184. The highest BCUT2D eigenvalue weighted by atomic mass is 32.2. The standard InChI is InChI=1S/C17H21N5O7S3/c1-5-12(15(24)18-16-19-20-17(31-16)30-9-14(23)29-3)21(32(4,27)28)13-8-11(22(25)26)7-6-10(13)2/h6-8,12H,5,9H2,1-4H3,(H,18,19,24). The Kier molecular flexibility index (Phi) is 8.51. The molecule has 0 aliphatic rings. The zero-order valence-electron chi connectivity index (χ0n) is 17.6. The van der Waals surface area contributed by atoms with Crippen molar-refractivity contribution in [2.45, 2.75) is 30.6 Å². The minimum atomic E-state index is -3.99. The number of hydrogen-bond donors (Lipinski definition) is 1. The third-order valence-electron chi connectivity index (χ3n) is 4.15. The van der Waals surface area contributed by atoms with Crippen molar-refractivity contribution >= 4 is 61.5 Å². The molecule has 1 atom stereocenters. The number of ether oxygens (including phenoxy) is 1. The number of amides is 1. The van der Waals surface area contributed by atoms with Crippen LogP contribution >= 0.6 is 23.1 Å². The Balaban J connectivity index is 2.32. The van der Waals surface area contributed by atoms with Crippen molar-refractivity contribution in [3.8, 4) is 0 Å². The molecule has 2 rings (SSSR count). The molecule has 0 radical (unpaired) electrons. The average Bonchev–Trinajstić information content (AvgIpc) is 3.16. The molecule has 1 heterocycles. The van der Waals surface area contributed by atoms with Crippen LogP contribution in [0.2, 0.25) is 0 Å². The van der Waals surface area contributed by atoms with Crippen LogP contribution in [0.5, 0.6) is 0 Å². The Morgan fingerprint density at radius 1 is 1.38 bits per heavy atom. The van der Waals surface area contributed by atoms with E-state index in [-0.39, 0.29) is 28.7 Å². The number of carbonyl (C=O) groups is 2. The molecule has 0 aliphatic heterocycles. The van der Waals surface area contributed by atoms with Crippen LogP contribution in [0.3, 0.4) is 0 Å². The van der Waals surface area contributed by atoms with Crippen LogP contribution in [0.1, 0.15) is 18.9 Å². The van der Waals surface area contributed by atoms with Crippen molar-refractivity contribution < 1.29 is 27.7 Å². The molecule has 12 nitrogen and oxygen atoms in total. The Morgan fingerprint density at radius 2 is 2.06 bits per heavy atom. The number of rotatable bonds is 10. The third kappa shape index (κ3) is 6.37. The number of aromatic nitrogens is 2. The Hall–Kier alpha value is -2.78. The van der Waals surface area contributed by atoms with Gasteiger partial charge in [-0.1, -0.05) is 36.1 Å². The normalized spacial score (nSPS) is 12.1. The zero-order valence-corrected chi connectivity index (χ0v) is 20.0. The lowest BCUT2D eigenvalue weighted by Gasteiger charge is -2.30. The number of carbonyl (C=O) groups excluding carboxylic acids is 2. The van der Waals surface area contributed by atoms with Gasteiger partial charge in [-0.05, 0) is 18.9 Å². The second kappa shape index (κ2) is 10.7. The van der Waals surface area contributed by atoms with E-state index in [0.29, 0.717) is 9.90 Å². The van der Waals surface area contributed by atoms with Crippen molar-refractivity contribution in [1.29, 1.82) is 0 Å². The summed E-state index contributed by atoms with van der Waals surface area (Å²) in [6.07, 6.45) is 1.01. The van der Waals surface area contributed by atoms with Crippen LogP contribution in [0, 0.1) is 17.0 Å². The second-order valence-corrected chi connectivity index (χ2v) is 10.5. The van der Waals surface area contributed by atoms with Gasteiger partial charge >= 0.3 is 5.97 Å². The summed E-state index contributed by atoms with van der Waals surface area (Å²) < 4.78 is 31.0. The first-order chi connectivity index (χ1) is 15.0. The van der Waals surface area contributed by atoms with E-state index in [1.807, 2.05) is 0 Å². The maximum absolute atomic E-state index is 13.0.